The average molecular weight is 153 g/mol. The zero-order chi connectivity index (χ0) is 8.27. The van der Waals surface area contributed by atoms with E-state index in [9.17, 15) is 4.79 Å². The summed E-state index contributed by atoms with van der Waals surface area (Å²) in [7, 11) is 0. The van der Waals surface area contributed by atoms with Crippen LogP contribution < -0.4 is 5.73 Å². The molecule has 0 saturated carbocycles. The standard InChI is InChI=1S/C6H7N3O2/c7-1-4-2-8-3-9-5(4)6(10)11/h2-3H,1,7H2,(H,10,11). The zero-order valence-corrected chi connectivity index (χ0v) is 5.69. The highest BCUT2D eigenvalue weighted by Crippen LogP contribution is 2.00. The second-order valence-electron chi connectivity index (χ2n) is 1.91. The second-order valence-corrected chi connectivity index (χ2v) is 1.91. The summed E-state index contributed by atoms with van der Waals surface area (Å²) in [5, 5.41) is 8.55. The number of hydrogen-bond acceptors (Lipinski definition) is 4. The minimum absolute atomic E-state index is 0.0255. The number of nitrogens with two attached hydrogens (primary N) is 1. The fraction of sp³-hybridized carbons (Fsp3) is 0.167. The lowest BCUT2D eigenvalue weighted by atomic mass is 10.2. The Morgan fingerprint density at radius 1 is 1.73 bits per heavy atom. The van der Waals surface area contributed by atoms with Crippen molar-refractivity contribution in [2.75, 3.05) is 0 Å². The molecule has 1 aromatic heterocycles. The van der Waals surface area contributed by atoms with Crippen molar-refractivity contribution in [1.82, 2.24) is 9.97 Å². The highest BCUT2D eigenvalue weighted by molar-refractivity contribution is 5.86. The van der Waals surface area contributed by atoms with E-state index < -0.39 is 5.97 Å². The molecule has 0 spiro atoms. The van der Waals surface area contributed by atoms with Crippen LogP contribution in [0.2, 0.25) is 0 Å². The average Bonchev–Trinajstić information content (AvgIpc) is 2.04. The predicted octanol–water partition coefficient (Wildman–Crippen LogP) is -0.366. The van der Waals surface area contributed by atoms with Gasteiger partial charge in [0.25, 0.3) is 0 Å². The molecule has 0 bridgehead atoms. The fourth-order valence-electron chi connectivity index (χ4n) is 0.700. The van der Waals surface area contributed by atoms with Gasteiger partial charge < -0.3 is 10.8 Å². The van der Waals surface area contributed by atoms with Crippen LogP contribution in [0.15, 0.2) is 12.5 Å². The zero-order valence-electron chi connectivity index (χ0n) is 5.69. The number of carboxylic acid groups (broad SMARTS) is 1. The SMILES string of the molecule is NCc1cncnc1C(=O)O. The van der Waals surface area contributed by atoms with Crippen LogP contribution in [0.3, 0.4) is 0 Å². The molecule has 0 fully saturated rings. The third-order valence-corrected chi connectivity index (χ3v) is 1.21. The van der Waals surface area contributed by atoms with E-state index in [1.807, 2.05) is 0 Å². The molecule has 5 heteroatoms. The first-order valence-corrected chi connectivity index (χ1v) is 2.98. The third-order valence-electron chi connectivity index (χ3n) is 1.21. The van der Waals surface area contributed by atoms with Gasteiger partial charge >= 0.3 is 5.97 Å². The van der Waals surface area contributed by atoms with E-state index >= 15 is 0 Å². The summed E-state index contributed by atoms with van der Waals surface area (Å²) in [6.45, 7) is 0.141. The number of carboxylic acids is 1. The smallest absolute Gasteiger partial charge is 0.354 e. The quantitative estimate of drug-likeness (QED) is 0.605. The molecule has 0 aromatic carbocycles. The Labute approximate surface area is 62.9 Å². The largest absolute Gasteiger partial charge is 0.476 e. The van der Waals surface area contributed by atoms with Crippen molar-refractivity contribution in [3.63, 3.8) is 0 Å². The van der Waals surface area contributed by atoms with Crippen LogP contribution in [0.1, 0.15) is 16.1 Å². The van der Waals surface area contributed by atoms with Crippen LogP contribution in [0, 0.1) is 0 Å². The summed E-state index contributed by atoms with van der Waals surface area (Å²) >= 11 is 0. The molecule has 11 heavy (non-hydrogen) atoms. The molecule has 0 aliphatic heterocycles. The van der Waals surface area contributed by atoms with Gasteiger partial charge in [0.2, 0.25) is 0 Å². The second kappa shape index (κ2) is 3.07. The number of hydrogen-bond donors (Lipinski definition) is 2. The highest BCUT2D eigenvalue weighted by Gasteiger charge is 2.08. The van der Waals surface area contributed by atoms with Crippen molar-refractivity contribution in [3.8, 4) is 0 Å². The molecule has 0 unspecified atom stereocenters. The van der Waals surface area contributed by atoms with Gasteiger partial charge in [-0.05, 0) is 0 Å². The first-order valence-electron chi connectivity index (χ1n) is 2.98. The van der Waals surface area contributed by atoms with Crippen molar-refractivity contribution in [2.24, 2.45) is 5.73 Å². The molecular weight excluding hydrogens is 146 g/mol. The maximum absolute atomic E-state index is 10.4. The highest BCUT2D eigenvalue weighted by atomic mass is 16.4. The lowest BCUT2D eigenvalue weighted by Crippen LogP contribution is -2.09. The van der Waals surface area contributed by atoms with Crippen LogP contribution in [-0.2, 0) is 6.54 Å². The Morgan fingerprint density at radius 2 is 2.45 bits per heavy atom. The van der Waals surface area contributed by atoms with Gasteiger partial charge in [0.05, 0.1) is 0 Å². The van der Waals surface area contributed by atoms with Gasteiger partial charge in [-0.3, -0.25) is 0 Å². The molecule has 58 valence electrons. The summed E-state index contributed by atoms with van der Waals surface area (Å²) in [5.41, 5.74) is 5.66. The van der Waals surface area contributed by atoms with Gasteiger partial charge in [-0.2, -0.15) is 0 Å². The summed E-state index contributed by atoms with van der Waals surface area (Å²) < 4.78 is 0. The molecular formula is C6H7N3O2. The molecule has 0 amide bonds. The van der Waals surface area contributed by atoms with Gasteiger partial charge in [-0.1, -0.05) is 0 Å². The Bertz CT molecular complexity index is 274. The summed E-state index contributed by atoms with van der Waals surface area (Å²) in [4.78, 5) is 17.6. The van der Waals surface area contributed by atoms with E-state index in [4.69, 9.17) is 10.8 Å². The van der Waals surface area contributed by atoms with Crippen LogP contribution >= 0.6 is 0 Å². The summed E-state index contributed by atoms with van der Waals surface area (Å²) in [6.07, 6.45) is 2.58. The summed E-state index contributed by atoms with van der Waals surface area (Å²) in [6, 6.07) is 0. The molecule has 5 nitrogen and oxygen atoms in total. The third kappa shape index (κ3) is 1.50. The molecule has 0 atom stereocenters. The molecule has 0 radical (unpaired) electrons. The Balaban J connectivity index is 3.12. The number of nitrogens with zero attached hydrogens (tertiary/aromatic N) is 2. The van der Waals surface area contributed by atoms with Gasteiger partial charge in [0, 0.05) is 18.3 Å². The van der Waals surface area contributed by atoms with Gasteiger partial charge in [0.15, 0.2) is 5.69 Å². The molecule has 0 aliphatic rings. The maximum Gasteiger partial charge on any atom is 0.354 e. The van der Waals surface area contributed by atoms with Crippen LogP contribution in [-0.4, -0.2) is 21.0 Å². The minimum Gasteiger partial charge on any atom is -0.476 e. The first-order chi connectivity index (χ1) is 5.25. The van der Waals surface area contributed by atoms with Gasteiger partial charge in [-0.15, -0.1) is 0 Å². The Morgan fingerprint density at radius 3 is 2.91 bits per heavy atom. The molecule has 0 aliphatic carbocycles. The lowest BCUT2D eigenvalue weighted by molar-refractivity contribution is 0.0689. The van der Waals surface area contributed by atoms with Crippen LogP contribution in [0.5, 0.6) is 0 Å². The number of rotatable bonds is 2. The van der Waals surface area contributed by atoms with Crippen molar-refractivity contribution in [3.05, 3.63) is 23.8 Å². The normalized spacial score (nSPS) is 9.55. The molecule has 0 saturated heterocycles. The van der Waals surface area contributed by atoms with Crippen LogP contribution in [0.25, 0.3) is 0 Å². The maximum atomic E-state index is 10.4. The van der Waals surface area contributed by atoms with E-state index in [0.29, 0.717) is 5.56 Å². The molecule has 1 aromatic rings. The fourth-order valence-corrected chi connectivity index (χ4v) is 0.700. The predicted molar refractivity (Wildman–Crippen MR) is 36.9 cm³/mol. The van der Waals surface area contributed by atoms with E-state index in [1.54, 1.807) is 0 Å². The van der Waals surface area contributed by atoms with E-state index in [2.05, 4.69) is 9.97 Å². The van der Waals surface area contributed by atoms with Crippen LogP contribution in [0.4, 0.5) is 0 Å². The van der Waals surface area contributed by atoms with Crippen molar-refractivity contribution >= 4 is 5.97 Å². The minimum atomic E-state index is -1.08. The van der Waals surface area contributed by atoms with Gasteiger partial charge in [0.1, 0.15) is 6.33 Å². The van der Waals surface area contributed by atoms with Gasteiger partial charge in [-0.25, -0.2) is 14.8 Å². The van der Waals surface area contributed by atoms with E-state index in [0.717, 1.165) is 0 Å². The van der Waals surface area contributed by atoms with Crippen molar-refractivity contribution in [2.45, 2.75) is 6.54 Å². The number of carbonyl (C=O) groups is 1. The molecule has 1 rings (SSSR count). The molecule has 3 N–H and O–H groups in total. The summed E-state index contributed by atoms with van der Waals surface area (Å²) in [5.74, 6) is -1.08. The van der Waals surface area contributed by atoms with E-state index in [1.165, 1.54) is 12.5 Å². The number of aromatic carboxylic acids is 1. The monoisotopic (exact) mass is 153 g/mol. The van der Waals surface area contributed by atoms with Crippen molar-refractivity contribution in [1.29, 1.82) is 0 Å². The van der Waals surface area contributed by atoms with Crippen molar-refractivity contribution < 1.29 is 9.90 Å². The Hall–Kier alpha value is -1.49. The Kier molecular flexibility index (Phi) is 2.12. The lowest BCUT2D eigenvalue weighted by Gasteiger charge is -1.98. The van der Waals surface area contributed by atoms with E-state index in [-0.39, 0.29) is 12.2 Å². The topological polar surface area (TPSA) is 89.1 Å². The molecule has 1 heterocycles. The number of aromatic nitrogens is 2. The first kappa shape index (κ1) is 7.62.